The minimum Gasteiger partial charge on any atom is -0.388 e. The number of fused-ring (bicyclic) bond motifs is 1. The maximum atomic E-state index is 13.9. The number of hydrogen-bond donors (Lipinski definition) is 1. The second-order valence-electron chi connectivity index (χ2n) is 4.40. The first-order chi connectivity index (χ1) is 8.19. The third kappa shape index (κ3) is 1.84. The van der Waals surface area contributed by atoms with Crippen molar-refractivity contribution in [1.29, 1.82) is 0 Å². The van der Waals surface area contributed by atoms with Gasteiger partial charge in [-0.3, -0.25) is 0 Å². The van der Waals surface area contributed by atoms with E-state index in [-0.39, 0.29) is 5.82 Å². The second-order valence-corrected chi connectivity index (χ2v) is 4.84. The number of nitrogens with one attached hydrogen (secondary N) is 1. The van der Waals surface area contributed by atoms with E-state index in [1.54, 1.807) is 6.07 Å². The maximum Gasteiger partial charge on any atom is 0.150 e. The second kappa shape index (κ2) is 3.84. The van der Waals surface area contributed by atoms with Gasteiger partial charge in [0.2, 0.25) is 0 Å². The van der Waals surface area contributed by atoms with Gasteiger partial charge in [-0.2, -0.15) is 0 Å². The maximum absolute atomic E-state index is 13.9. The summed E-state index contributed by atoms with van der Waals surface area (Å²) in [6, 6.07) is 5.05. The quantitative estimate of drug-likeness (QED) is 0.873. The average molecular weight is 251 g/mol. The Kier molecular flexibility index (Phi) is 2.44. The van der Waals surface area contributed by atoms with Gasteiger partial charge in [0.05, 0.1) is 0 Å². The van der Waals surface area contributed by atoms with E-state index in [1.165, 1.54) is 6.07 Å². The smallest absolute Gasteiger partial charge is 0.150 e. The third-order valence-corrected chi connectivity index (χ3v) is 3.33. The molecule has 0 spiro atoms. The molecule has 0 aliphatic heterocycles. The van der Waals surface area contributed by atoms with Crippen molar-refractivity contribution in [3.8, 4) is 0 Å². The standard InChI is InChI=1S/C13H12ClFN2/c1-16-12-6-11(7-2-3-7)17-13-9(12)4-8(14)5-10(13)15/h4-7H,2-3H2,1H3,(H,16,17). The summed E-state index contributed by atoms with van der Waals surface area (Å²) in [6.07, 6.45) is 2.30. The van der Waals surface area contributed by atoms with Gasteiger partial charge < -0.3 is 5.32 Å². The highest BCUT2D eigenvalue weighted by molar-refractivity contribution is 6.31. The molecule has 1 aliphatic rings. The summed E-state index contributed by atoms with van der Waals surface area (Å²) in [7, 11) is 1.82. The number of benzene rings is 1. The van der Waals surface area contributed by atoms with Crippen LogP contribution in [0.15, 0.2) is 18.2 Å². The van der Waals surface area contributed by atoms with Gasteiger partial charge in [0.1, 0.15) is 5.52 Å². The van der Waals surface area contributed by atoms with Crippen LogP contribution in [0.3, 0.4) is 0 Å². The largest absolute Gasteiger partial charge is 0.388 e. The van der Waals surface area contributed by atoms with E-state index < -0.39 is 0 Å². The zero-order chi connectivity index (χ0) is 12.0. The molecular formula is C13H12ClFN2. The molecule has 1 aromatic carbocycles. The van der Waals surface area contributed by atoms with Crippen LogP contribution >= 0.6 is 11.6 Å². The molecule has 1 aromatic heterocycles. The van der Waals surface area contributed by atoms with Crippen LogP contribution in [0.2, 0.25) is 5.02 Å². The van der Waals surface area contributed by atoms with E-state index in [1.807, 2.05) is 13.1 Å². The predicted molar refractivity (Wildman–Crippen MR) is 68.2 cm³/mol. The fourth-order valence-electron chi connectivity index (χ4n) is 2.07. The summed E-state index contributed by atoms with van der Waals surface area (Å²) in [4.78, 5) is 4.41. The van der Waals surface area contributed by atoms with Crippen LogP contribution in [0.1, 0.15) is 24.5 Å². The van der Waals surface area contributed by atoms with Crippen LogP contribution in [-0.2, 0) is 0 Å². The lowest BCUT2D eigenvalue weighted by Crippen LogP contribution is -1.97. The van der Waals surface area contributed by atoms with Crippen LogP contribution in [0.25, 0.3) is 10.9 Å². The van der Waals surface area contributed by atoms with Crippen molar-refractivity contribution in [3.05, 3.63) is 34.7 Å². The van der Waals surface area contributed by atoms with Crippen molar-refractivity contribution in [2.24, 2.45) is 0 Å². The van der Waals surface area contributed by atoms with Crippen LogP contribution in [0.5, 0.6) is 0 Å². The van der Waals surface area contributed by atoms with E-state index in [9.17, 15) is 4.39 Å². The Labute approximate surface area is 104 Å². The summed E-state index contributed by atoms with van der Waals surface area (Å²) >= 11 is 5.87. The molecule has 1 saturated carbocycles. The Hall–Kier alpha value is -1.35. The normalized spacial score (nSPS) is 15.2. The highest BCUT2D eigenvalue weighted by Crippen LogP contribution is 2.41. The van der Waals surface area contributed by atoms with E-state index >= 15 is 0 Å². The van der Waals surface area contributed by atoms with Crippen molar-refractivity contribution in [2.45, 2.75) is 18.8 Å². The number of aromatic nitrogens is 1. The molecule has 1 aliphatic carbocycles. The van der Waals surface area contributed by atoms with E-state index in [0.29, 0.717) is 16.5 Å². The monoisotopic (exact) mass is 250 g/mol. The molecule has 0 bridgehead atoms. The topological polar surface area (TPSA) is 24.9 Å². The molecule has 4 heteroatoms. The van der Waals surface area contributed by atoms with Crippen LogP contribution in [-0.4, -0.2) is 12.0 Å². The Morgan fingerprint density at radius 3 is 2.76 bits per heavy atom. The first-order valence-corrected chi connectivity index (χ1v) is 6.04. The molecule has 0 amide bonds. The van der Waals surface area contributed by atoms with Crippen LogP contribution in [0.4, 0.5) is 10.1 Å². The lowest BCUT2D eigenvalue weighted by Gasteiger charge is -2.09. The third-order valence-electron chi connectivity index (χ3n) is 3.12. The van der Waals surface area contributed by atoms with Crippen molar-refractivity contribution in [2.75, 3.05) is 12.4 Å². The average Bonchev–Trinajstić information content (AvgIpc) is 3.11. The lowest BCUT2D eigenvalue weighted by molar-refractivity contribution is 0.636. The minimum absolute atomic E-state index is 0.355. The van der Waals surface area contributed by atoms with Gasteiger partial charge in [-0.05, 0) is 31.0 Å². The van der Waals surface area contributed by atoms with Crippen molar-refractivity contribution in [3.63, 3.8) is 0 Å². The summed E-state index contributed by atoms with van der Waals surface area (Å²) in [5.74, 6) is 0.146. The van der Waals surface area contributed by atoms with Gasteiger partial charge in [-0.15, -0.1) is 0 Å². The van der Waals surface area contributed by atoms with Crippen molar-refractivity contribution >= 4 is 28.2 Å². The summed E-state index contributed by atoms with van der Waals surface area (Å²) in [6.45, 7) is 0. The minimum atomic E-state index is -0.355. The Bertz CT molecular complexity index is 593. The van der Waals surface area contributed by atoms with Gasteiger partial charge in [-0.25, -0.2) is 9.37 Å². The highest BCUT2D eigenvalue weighted by atomic mass is 35.5. The Balaban J connectivity index is 2.31. The number of nitrogens with zero attached hydrogens (tertiary/aromatic N) is 1. The molecule has 0 atom stereocenters. The molecule has 1 fully saturated rings. The Morgan fingerprint density at radius 2 is 2.12 bits per heavy atom. The van der Waals surface area contributed by atoms with E-state index in [4.69, 9.17) is 11.6 Å². The number of halogens is 2. The summed E-state index contributed by atoms with van der Waals surface area (Å²) in [5, 5.41) is 4.22. The molecule has 0 saturated heterocycles. The molecule has 17 heavy (non-hydrogen) atoms. The van der Waals surface area contributed by atoms with Gasteiger partial charge in [0, 0.05) is 34.8 Å². The molecule has 1 heterocycles. The number of pyridine rings is 1. The van der Waals surface area contributed by atoms with E-state index in [0.717, 1.165) is 29.6 Å². The van der Waals surface area contributed by atoms with Gasteiger partial charge in [0.25, 0.3) is 0 Å². The van der Waals surface area contributed by atoms with Gasteiger partial charge >= 0.3 is 0 Å². The molecule has 2 aromatic rings. The van der Waals surface area contributed by atoms with Gasteiger partial charge in [-0.1, -0.05) is 11.6 Å². The SMILES string of the molecule is CNc1cc(C2CC2)nc2c(F)cc(Cl)cc12. The first kappa shape index (κ1) is 10.8. The van der Waals surface area contributed by atoms with Crippen molar-refractivity contribution < 1.29 is 4.39 Å². The highest BCUT2D eigenvalue weighted by Gasteiger charge is 2.26. The molecule has 0 unspecified atom stereocenters. The van der Waals surface area contributed by atoms with E-state index in [2.05, 4.69) is 10.3 Å². The first-order valence-electron chi connectivity index (χ1n) is 5.66. The summed E-state index contributed by atoms with van der Waals surface area (Å²) in [5.41, 5.74) is 2.27. The van der Waals surface area contributed by atoms with Crippen LogP contribution in [0, 0.1) is 5.82 Å². The molecule has 88 valence electrons. The molecule has 1 N–H and O–H groups in total. The van der Waals surface area contributed by atoms with Crippen molar-refractivity contribution in [1.82, 2.24) is 4.98 Å². The lowest BCUT2D eigenvalue weighted by atomic mass is 10.1. The predicted octanol–water partition coefficient (Wildman–Crippen LogP) is 3.95. The number of anilines is 1. The fourth-order valence-corrected chi connectivity index (χ4v) is 2.27. The molecule has 2 nitrogen and oxygen atoms in total. The van der Waals surface area contributed by atoms with Gasteiger partial charge in [0.15, 0.2) is 5.82 Å². The summed E-state index contributed by atoms with van der Waals surface area (Å²) < 4.78 is 13.9. The zero-order valence-corrected chi connectivity index (χ0v) is 10.2. The number of hydrogen-bond acceptors (Lipinski definition) is 2. The molecule has 0 radical (unpaired) electrons. The fraction of sp³-hybridized carbons (Fsp3) is 0.308. The zero-order valence-electron chi connectivity index (χ0n) is 9.43. The number of rotatable bonds is 2. The van der Waals surface area contributed by atoms with Crippen LogP contribution < -0.4 is 5.32 Å². The Morgan fingerprint density at radius 1 is 1.35 bits per heavy atom. The molecular weight excluding hydrogens is 239 g/mol. The molecule has 3 rings (SSSR count).